The fraction of sp³-hybridized carbons (Fsp3) is 0.105. The van der Waals surface area contributed by atoms with Crippen LogP contribution in [0.3, 0.4) is 0 Å². The van der Waals surface area contributed by atoms with Crippen LogP contribution in [0, 0.1) is 0 Å². The molecule has 0 saturated carbocycles. The lowest BCUT2D eigenvalue weighted by Crippen LogP contribution is -1.95. The summed E-state index contributed by atoms with van der Waals surface area (Å²) in [5.41, 5.74) is 1.75. The summed E-state index contributed by atoms with van der Waals surface area (Å²) in [6.45, 7) is 2.56. The first-order chi connectivity index (χ1) is 10.8. The number of hydrogen-bond donors (Lipinski definition) is 0. The summed E-state index contributed by atoms with van der Waals surface area (Å²) in [6.07, 6.45) is 3.52. The van der Waals surface area contributed by atoms with Gasteiger partial charge in [-0.15, -0.1) is 11.3 Å². The monoisotopic (exact) mass is 308 g/mol. The molecule has 0 saturated heterocycles. The normalized spacial score (nSPS) is 11.1. The molecule has 1 aromatic heterocycles. The fourth-order valence-electron chi connectivity index (χ4n) is 2.27. The zero-order chi connectivity index (χ0) is 15.4. The maximum Gasteiger partial charge on any atom is 0.185 e. The number of fused-ring (bicyclic) bond motifs is 1. The van der Waals surface area contributed by atoms with E-state index in [4.69, 9.17) is 4.74 Å². The van der Waals surface area contributed by atoms with E-state index in [9.17, 15) is 4.79 Å². The highest BCUT2D eigenvalue weighted by Crippen LogP contribution is 2.26. The van der Waals surface area contributed by atoms with Gasteiger partial charge in [0.2, 0.25) is 0 Å². The Morgan fingerprint density at radius 2 is 1.91 bits per heavy atom. The highest BCUT2D eigenvalue weighted by Gasteiger charge is 2.04. The number of ketones is 1. The minimum atomic E-state index is -0.00155. The Balaban J connectivity index is 1.78. The third-order valence-corrected chi connectivity index (χ3v) is 4.36. The predicted octanol–water partition coefficient (Wildman–Crippen LogP) is 5.20. The Morgan fingerprint density at radius 1 is 1.14 bits per heavy atom. The van der Waals surface area contributed by atoms with Crippen molar-refractivity contribution in [3.63, 3.8) is 0 Å². The lowest BCUT2D eigenvalue weighted by molar-refractivity contribution is 0.104. The summed E-state index contributed by atoms with van der Waals surface area (Å²) in [5.74, 6) is 0.783. The van der Waals surface area contributed by atoms with Gasteiger partial charge in [-0.2, -0.15) is 0 Å². The van der Waals surface area contributed by atoms with E-state index >= 15 is 0 Å². The van der Waals surface area contributed by atoms with Gasteiger partial charge in [-0.1, -0.05) is 18.2 Å². The van der Waals surface area contributed by atoms with Crippen molar-refractivity contribution in [2.45, 2.75) is 6.92 Å². The molecule has 0 bridgehead atoms. The summed E-state index contributed by atoms with van der Waals surface area (Å²) in [4.78, 5) is 12.2. The highest BCUT2D eigenvalue weighted by molar-refractivity contribution is 7.17. The minimum Gasteiger partial charge on any atom is -0.494 e. The van der Waals surface area contributed by atoms with Gasteiger partial charge < -0.3 is 4.74 Å². The Morgan fingerprint density at radius 3 is 2.68 bits per heavy atom. The SMILES string of the molecule is CCOc1ccc(C(=O)/C=C/c2csc3ccccc23)cc1. The molecule has 3 heteroatoms. The second-order valence-electron chi connectivity index (χ2n) is 4.84. The van der Waals surface area contributed by atoms with Crippen molar-refractivity contribution in [2.75, 3.05) is 6.61 Å². The molecule has 0 radical (unpaired) electrons. The summed E-state index contributed by atoms with van der Waals surface area (Å²) in [5, 5.41) is 3.26. The van der Waals surface area contributed by atoms with Crippen LogP contribution in [0.1, 0.15) is 22.8 Å². The van der Waals surface area contributed by atoms with Crippen molar-refractivity contribution in [1.82, 2.24) is 0 Å². The van der Waals surface area contributed by atoms with Crippen molar-refractivity contribution in [2.24, 2.45) is 0 Å². The van der Waals surface area contributed by atoms with E-state index in [2.05, 4.69) is 17.5 Å². The molecule has 0 N–H and O–H groups in total. The standard InChI is InChI=1S/C19H16O2S/c1-2-21-16-10-7-14(8-11-16)18(20)12-9-15-13-22-19-6-4-3-5-17(15)19/h3-13H,2H2,1H3/b12-9+. The Labute approximate surface area is 133 Å². The molecular weight excluding hydrogens is 292 g/mol. The molecular formula is C19H16O2S. The van der Waals surface area contributed by atoms with E-state index in [1.165, 1.54) is 10.1 Å². The van der Waals surface area contributed by atoms with Crippen molar-refractivity contribution < 1.29 is 9.53 Å². The van der Waals surface area contributed by atoms with Crippen LogP contribution < -0.4 is 4.74 Å². The van der Waals surface area contributed by atoms with Gasteiger partial charge in [-0.25, -0.2) is 0 Å². The first-order valence-electron chi connectivity index (χ1n) is 7.19. The first-order valence-corrected chi connectivity index (χ1v) is 8.07. The molecule has 3 rings (SSSR count). The smallest absolute Gasteiger partial charge is 0.185 e. The summed E-state index contributed by atoms with van der Waals surface area (Å²) in [7, 11) is 0. The third kappa shape index (κ3) is 3.10. The van der Waals surface area contributed by atoms with Crippen molar-refractivity contribution >= 4 is 33.3 Å². The van der Waals surface area contributed by atoms with E-state index in [0.717, 1.165) is 11.3 Å². The molecule has 0 atom stereocenters. The molecule has 0 aliphatic carbocycles. The van der Waals surface area contributed by atoms with Crippen LogP contribution in [0.2, 0.25) is 0 Å². The molecule has 0 spiro atoms. The molecule has 2 aromatic carbocycles. The van der Waals surface area contributed by atoms with Gasteiger partial charge in [0.05, 0.1) is 6.61 Å². The van der Waals surface area contributed by atoms with Gasteiger partial charge in [0.15, 0.2) is 5.78 Å². The van der Waals surface area contributed by atoms with Gasteiger partial charge in [-0.3, -0.25) is 4.79 Å². The minimum absolute atomic E-state index is 0.00155. The number of rotatable bonds is 5. The van der Waals surface area contributed by atoms with Crippen LogP contribution in [0.25, 0.3) is 16.2 Å². The molecule has 2 nitrogen and oxygen atoms in total. The maximum atomic E-state index is 12.2. The van der Waals surface area contributed by atoms with Gasteiger partial charge in [0.25, 0.3) is 0 Å². The molecule has 0 aliphatic heterocycles. The lowest BCUT2D eigenvalue weighted by atomic mass is 10.1. The summed E-state index contributed by atoms with van der Waals surface area (Å²) in [6, 6.07) is 15.4. The summed E-state index contributed by atoms with van der Waals surface area (Å²) >= 11 is 1.69. The van der Waals surface area contributed by atoms with E-state index < -0.39 is 0 Å². The van der Waals surface area contributed by atoms with Crippen molar-refractivity contribution in [3.05, 3.63) is 71.1 Å². The van der Waals surface area contributed by atoms with Crippen molar-refractivity contribution in [3.8, 4) is 5.75 Å². The highest BCUT2D eigenvalue weighted by atomic mass is 32.1. The third-order valence-electron chi connectivity index (χ3n) is 3.38. The van der Waals surface area contributed by atoms with E-state index in [0.29, 0.717) is 12.2 Å². The average molecular weight is 308 g/mol. The van der Waals surface area contributed by atoms with Crippen LogP contribution in [0.4, 0.5) is 0 Å². The van der Waals surface area contributed by atoms with Gasteiger partial charge in [-0.05, 0) is 65.7 Å². The lowest BCUT2D eigenvalue weighted by Gasteiger charge is -2.02. The van der Waals surface area contributed by atoms with E-state index in [1.54, 1.807) is 29.5 Å². The quantitative estimate of drug-likeness (QED) is 0.478. The maximum absolute atomic E-state index is 12.2. The van der Waals surface area contributed by atoms with Crippen molar-refractivity contribution in [1.29, 1.82) is 0 Å². The number of ether oxygens (including phenoxy) is 1. The zero-order valence-electron chi connectivity index (χ0n) is 12.3. The largest absolute Gasteiger partial charge is 0.494 e. The molecule has 1 heterocycles. The molecule has 0 fully saturated rings. The van der Waals surface area contributed by atoms with E-state index in [1.807, 2.05) is 37.3 Å². The number of thiophene rings is 1. The number of carbonyl (C=O) groups is 1. The van der Waals surface area contributed by atoms with Crippen LogP contribution in [0.15, 0.2) is 60.0 Å². The first kappa shape index (κ1) is 14.5. The number of carbonyl (C=O) groups excluding carboxylic acids is 1. The topological polar surface area (TPSA) is 26.3 Å². The van der Waals surface area contributed by atoms with Gasteiger partial charge in [0.1, 0.15) is 5.75 Å². The van der Waals surface area contributed by atoms with Gasteiger partial charge >= 0.3 is 0 Å². The molecule has 0 aliphatic rings. The molecule has 0 amide bonds. The van der Waals surface area contributed by atoms with E-state index in [-0.39, 0.29) is 5.78 Å². The molecule has 110 valence electrons. The zero-order valence-corrected chi connectivity index (χ0v) is 13.1. The second-order valence-corrected chi connectivity index (χ2v) is 5.75. The molecule has 22 heavy (non-hydrogen) atoms. The van der Waals surface area contributed by atoms with Crippen LogP contribution in [0.5, 0.6) is 5.75 Å². The molecule has 0 unspecified atom stereocenters. The summed E-state index contributed by atoms with van der Waals surface area (Å²) < 4.78 is 6.61. The van der Waals surface area contributed by atoms with Crippen LogP contribution in [-0.4, -0.2) is 12.4 Å². The molecule has 3 aromatic rings. The number of benzene rings is 2. The number of allylic oxidation sites excluding steroid dienone is 1. The predicted molar refractivity (Wildman–Crippen MR) is 92.8 cm³/mol. The second kappa shape index (κ2) is 6.58. The van der Waals surface area contributed by atoms with Crippen LogP contribution in [-0.2, 0) is 0 Å². The number of hydrogen-bond acceptors (Lipinski definition) is 3. The Bertz CT molecular complexity index is 813. The van der Waals surface area contributed by atoms with Gasteiger partial charge in [0, 0.05) is 10.3 Å². The fourth-order valence-corrected chi connectivity index (χ4v) is 3.20. The Kier molecular flexibility index (Phi) is 4.35. The Hall–Kier alpha value is -2.39. The average Bonchev–Trinajstić information content (AvgIpc) is 2.97. The van der Waals surface area contributed by atoms with Crippen LogP contribution >= 0.6 is 11.3 Å².